The Balaban J connectivity index is 2.97. The number of anilines is 1. The third kappa shape index (κ3) is 3.92. The van der Waals surface area contributed by atoms with Crippen molar-refractivity contribution in [3.8, 4) is 12.1 Å². The van der Waals surface area contributed by atoms with Crippen LogP contribution in [0.4, 0.5) is 5.82 Å². The highest BCUT2D eigenvalue weighted by Gasteiger charge is 2.24. The van der Waals surface area contributed by atoms with Gasteiger partial charge in [0.05, 0.1) is 12.1 Å². The quantitative estimate of drug-likeness (QED) is 0.749. The maximum absolute atomic E-state index is 12.2. The molecule has 0 spiro atoms. The molecule has 106 valence electrons. The lowest BCUT2D eigenvalue weighted by atomic mass is 10.4. The fourth-order valence-electron chi connectivity index (χ4n) is 1.42. The molecule has 1 aromatic rings. The Kier molecular flexibility index (Phi) is 5.91. The summed E-state index contributed by atoms with van der Waals surface area (Å²) in [4.78, 5) is 3.97. The molecule has 0 bridgehead atoms. The minimum Gasteiger partial charge on any atom is -0.370 e. The van der Waals surface area contributed by atoms with E-state index >= 15 is 0 Å². The van der Waals surface area contributed by atoms with Crippen LogP contribution < -0.4 is 5.32 Å². The number of nitrogens with zero attached hydrogens (tertiary/aromatic N) is 4. The summed E-state index contributed by atoms with van der Waals surface area (Å²) in [5.74, 6) is 0.581. The number of aromatic nitrogens is 1. The summed E-state index contributed by atoms with van der Waals surface area (Å²) in [6.07, 6.45) is 2.15. The van der Waals surface area contributed by atoms with Crippen LogP contribution >= 0.6 is 0 Å². The molecule has 0 fully saturated rings. The third-order valence-corrected chi connectivity index (χ3v) is 4.20. The SMILES string of the molecule is CCCNc1ccc(S(=O)(=O)N(CC#N)CC#N)cn1. The summed E-state index contributed by atoms with van der Waals surface area (Å²) >= 11 is 0. The molecule has 0 aliphatic carbocycles. The van der Waals surface area contributed by atoms with Gasteiger partial charge in [0.15, 0.2) is 0 Å². The number of nitriles is 2. The van der Waals surface area contributed by atoms with E-state index in [1.807, 2.05) is 6.92 Å². The van der Waals surface area contributed by atoms with Gasteiger partial charge in [0.2, 0.25) is 10.0 Å². The summed E-state index contributed by atoms with van der Waals surface area (Å²) < 4.78 is 25.2. The zero-order valence-corrected chi connectivity index (χ0v) is 11.9. The largest absolute Gasteiger partial charge is 0.370 e. The van der Waals surface area contributed by atoms with Crippen LogP contribution in [0.5, 0.6) is 0 Å². The van der Waals surface area contributed by atoms with Gasteiger partial charge in [0, 0.05) is 12.7 Å². The standard InChI is InChI=1S/C12H15N5O2S/c1-2-7-15-12-4-3-11(10-16-12)20(18,19)17(8-5-13)9-6-14/h3-4,10H,2,7-9H2,1H3,(H,15,16). The van der Waals surface area contributed by atoms with E-state index in [-0.39, 0.29) is 18.0 Å². The number of sulfonamides is 1. The molecule has 20 heavy (non-hydrogen) atoms. The first-order valence-corrected chi connectivity index (χ1v) is 7.44. The van der Waals surface area contributed by atoms with E-state index in [0.717, 1.165) is 17.3 Å². The summed E-state index contributed by atoms with van der Waals surface area (Å²) in [5.41, 5.74) is 0. The van der Waals surface area contributed by atoms with E-state index in [1.54, 1.807) is 18.2 Å². The minimum atomic E-state index is -3.86. The molecule has 0 radical (unpaired) electrons. The molecule has 8 heteroatoms. The van der Waals surface area contributed by atoms with Gasteiger partial charge in [0.1, 0.15) is 23.8 Å². The van der Waals surface area contributed by atoms with Crippen LogP contribution in [0.15, 0.2) is 23.2 Å². The predicted molar refractivity (Wildman–Crippen MR) is 73.0 cm³/mol. The molecule has 1 heterocycles. The second kappa shape index (κ2) is 7.43. The Morgan fingerprint density at radius 1 is 1.30 bits per heavy atom. The zero-order chi connectivity index (χ0) is 15.0. The fourth-order valence-corrected chi connectivity index (χ4v) is 2.60. The number of hydrogen-bond donors (Lipinski definition) is 1. The summed E-state index contributed by atoms with van der Waals surface area (Å²) in [5, 5.41) is 20.3. The highest BCUT2D eigenvalue weighted by molar-refractivity contribution is 7.89. The van der Waals surface area contributed by atoms with Gasteiger partial charge in [-0.05, 0) is 18.6 Å². The Morgan fingerprint density at radius 3 is 2.40 bits per heavy atom. The van der Waals surface area contributed by atoms with Gasteiger partial charge in [-0.2, -0.15) is 14.8 Å². The molecule has 1 rings (SSSR count). The second-order valence-electron chi connectivity index (χ2n) is 3.90. The topological polar surface area (TPSA) is 110 Å². The maximum atomic E-state index is 12.2. The molecule has 0 aliphatic heterocycles. The van der Waals surface area contributed by atoms with Crippen LogP contribution in [0.3, 0.4) is 0 Å². The van der Waals surface area contributed by atoms with Crippen molar-refractivity contribution in [2.24, 2.45) is 0 Å². The van der Waals surface area contributed by atoms with Crippen molar-refractivity contribution in [3.05, 3.63) is 18.3 Å². The van der Waals surface area contributed by atoms with Crippen LogP contribution in [0.2, 0.25) is 0 Å². The van der Waals surface area contributed by atoms with Gasteiger partial charge in [-0.15, -0.1) is 0 Å². The smallest absolute Gasteiger partial charge is 0.246 e. The normalized spacial score (nSPS) is 10.8. The number of nitrogens with one attached hydrogen (secondary N) is 1. The second-order valence-corrected chi connectivity index (χ2v) is 5.83. The average molecular weight is 293 g/mol. The van der Waals surface area contributed by atoms with Crippen molar-refractivity contribution in [2.45, 2.75) is 18.2 Å². The average Bonchev–Trinajstić information content (AvgIpc) is 2.45. The molecular formula is C12H15N5O2S. The van der Waals surface area contributed by atoms with Crippen molar-refractivity contribution in [3.63, 3.8) is 0 Å². The van der Waals surface area contributed by atoms with Crippen molar-refractivity contribution in [1.29, 1.82) is 10.5 Å². The third-order valence-electron chi connectivity index (χ3n) is 2.42. The lowest BCUT2D eigenvalue weighted by molar-refractivity contribution is 0.479. The molecule has 0 aliphatic rings. The van der Waals surface area contributed by atoms with E-state index < -0.39 is 10.0 Å². The Bertz CT molecular complexity index is 597. The molecule has 0 atom stereocenters. The maximum Gasteiger partial charge on any atom is 0.246 e. The van der Waals surface area contributed by atoms with Gasteiger partial charge >= 0.3 is 0 Å². The van der Waals surface area contributed by atoms with Gasteiger partial charge in [0.25, 0.3) is 0 Å². The van der Waals surface area contributed by atoms with Crippen LogP contribution in [-0.2, 0) is 10.0 Å². The Morgan fingerprint density at radius 2 is 1.95 bits per heavy atom. The highest BCUT2D eigenvalue weighted by atomic mass is 32.2. The van der Waals surface area contributed by atoms with Gasteiger partial charge in [-0.1, -0.05) is 6.92 Å². The van der Waals surface area contributed by atoms with E-state index in [4.69, 9.17) is 10.5 Å². The first-order chi connectivity index (χ1) is 9.56. The molecule has 7 nitrogen and oxygen atoms in total. The fraction of sp³-hybridized carbons (Fsp3) is 0.417. The minimum absolute atomic E-state index is 0.0370. The number of hydrogen-bond acceptors (Lipinski definition) is 6. The molecule has 0 saturated carbocycles. The molecule has 1 N–H and O–H groups in total. The summed E-state index contributed by atoms with van der Waals surface area (Å²) in [6, 6.07) is 6.42. The Labute approximate surface area is 118 Å². The zero-order valence-electron chi connectivity index (χ0n) is 11.1. The molecule has 0 aromatic carbocycles. The van der Waals surface area contributed by atoms with Crippen molar-refractivity contribution >= 4 is 15.8 Å². The van der Waals surface area contributed by atoms with Crippen LogP contribution in [0.25, 0.3) is 0 Å². The van der Waals surface area contributed by atoms with E-state index in [2.05, 4.69) is 10.3 Å². The molecule has 1 aromatic heterocycles. The number of rotatable bonds is 7. The summed E-state index contributed by atoms with van der Waals surface area (Å²) in [7, 11) is -3.86. The van der Waals surface area contributed by atoms with E-state index in [1.165, 1.54) is 12.3 Å². The van der Waals surface area contributed by atoms with E-state index in [9.17, 15) is 8.42 Å². The summed E-state index contributed by atoms with van der Waals surface area (Å²) in [6.45, 7) is 2.01. The predicted octanol–water partition coefficient (Wildman–Crippen LogP) is 0.941. The van der Waals surface area contributed by atoms with Gasteiger partial charge in [-0.25, -0.2) is 13.4 Å². The van der Waals surface area contributed by atoms with Crippen molar-refractivity contribution in [1.82, 2.24) is 9.29 Å². The molecular weight excluding hydrogens is 278 g/mol. The monoisotopic (exact) mass is 293 g/mol. The molecule has 0 unspecified atom stereocenters. The first-order valence-electron chi connectivity index (χ1n) is 6.00. The van der Waals surface area contributed by atoms with Crippen LogP contribution in [-0.4, -0.2) is 37.3 Å². The van der Waals surface area contributed by atoms with E-state index in [0.29, 0.717) is 5.82 Å². The molecule has 0 saturated heterocycles. The number of pyridine rings is 1. The lowest BCUT2D eigenvalue weighted by Crippen LogP contribution is -2.32. The van der Waals surface area contributed by atoms with Gasteiger partial charge < -0.3 is 5.32 Å². The van der Waals surface area contributed by atoms with Crippen LogP contribution in [0, 0.1) is 22.7 Å². The lowest BCUT2D eigenvalue weighted by Gasteiger charge is -2.15. The first kappa shape index (κ1) is 15.9. The molecule has 0 amide bonds. The Hall–Kier alpha value is -2.16. The van der Waals surface area contributed by atoms with Crippen molar-refractivity contribution < 1.29 is 8.42 Å². The highest BCUT2D eigenvalue weighted by Crippen LogP contribution is 2.15. The van der Waals surface area contributed by atoms with Crippen molar-refractivity contribution in [2.75, 3.05) is 25.0 Å². The van der Waals surface area contributed by atoms with Crippen LogP contribution in [0.1, 0.15) is 13.3 Å². The van der Waals surface area contributed by atoms with Gasteiger partial charge in [-0.3, -0.25) is 0 Å².